The van der Waals surface area contributed by atoms with E-state index in [4.69, 9.17) is 0 Å². The van der Waals surface area contributed by atoms with Gasteiger partial charge < -0.3 is 9.84 Å². The summed E-state index contributed by atoms with van der Waals surface area (Å²) in [7, 11) is 0. The van der Waals surface area contributed by atoms with Gasteiger partial charge in [0, 0.05) is 12.8 Å². The first-order valence-corrected chi connectivity index (χ1v) is 6.95. The maximum atomic E-state index is 12.3. The van der Waals surface area contributed by atoms with E-state index in [9.17, 15) is 36.2 Å². The van der Waals surface area contributed by atoms with Crippen LogP contribution in [0.2, 0.25) is 0 Å². The molecule has 9 heteroatoms. The largest absolute Gasteiger partial charge is 0.828 e. The highest BCUT2D eigenvalue weighted by Gasteiger charge is 2.68. The van der Waals surface area contributed by atoms with E-state index in [2.05, 4.69) is 16.6 Å². The van der Waals surface area contributed by atoms with Gasteiger partial charge in [-0.1, -0.05) is 32.1 Å². The van der Waals surface area contributed by atoms with E-state index in [-0.39, 0.29) is 6.42 Å². The lowest BCUT2D eigenvalue weighted by Crippen LogP contribution is -2.71. The highest BCUT2D eigenvalue weighted by Crippen LogP contribution is 2.41. The molecule has 0 aliphatic heterocycles. The Hall–Kier alpha value is -1.43. The minimum Gasteiger partial charge on any atom is -0.828 e. The molecule has 0 atom stereocenters. The molecule has 0 fully saturated rings. The maximum Gasteiger partial charge on any atom is 0.399 e. The Balaban J connectivity index is 4.40. The van der Waals surface area contributed by atoms with Crippen LogP contribution in [-0.2, 0) is 9.53 Å². The van der Waals surface area contributed by atoms with Gasteiger partial charge in [0.15, 0.2) is 5.60 Å². The van der Waals surface area contributed by atoms with Crippen LogP contribution in [-0.4, -0.2) is 30.5 Å². The zero-order valence-corrected chi connectivity index (χ0v) is 12.4. The first-order chi connectivity index (χ1) is 10.5. The third-order valence-electron chi connectivity index (χ3n) is 2.83. The summed E-state index contributed by atoms with van der Waals surface area (Å²) < 4.78 is 77.4. The van der Waals surface area contributed by atoms with Crippen molar-refractivity contribution in [2.75, 3.05) is 6.61 Å². The van der Waals surface area contributed by atoms with Gasteiger partial charge in [0.05, 0.1) is 0 Å². The van der Waals surface area contributed by atoms with Crippen molar-refractivity contribution in [2.45, 2.75) is 63.4 Å². The zero-order chi connectivity index (χ0) is 18.1. The predicted octanol–water partition coefficient (Wildman–Crippen LogP) is 3.12. The lowest BCUT2D eigenvalue weighted by atomic mass is 10.0. The summed E-state index contributed by atoms with van der Waals surface area (Å²) in [6.07, 6.45) is -8.52. The fourth-order valence-electron chi connectivity index (χ4n) is 1.51. The second-order valence-corrected chi connectivity index (χ2v) is 4.73. The summed E-state index contributed by atoms with van der Waals surface area (Å²) in [6.45, 7) is 1.22. The molecule has 0 radical (unpaired) electrons. The molecule has 0 bridgehead atoms. The predicted molar refractivity (Wildman–Crippen MR) is 67.0 cm³/mol. The molecular weight excluding hydrogens is 330 g/mol. The molecule has 0 saturated carbocycles. The second kappa shape index (κ2) is 9.01. The third kappa shape index (κ3) is 6.29. The van der Waals surface area contributed by atoms with Gasteiger partial charge >= 0.3 is 18.3 Å². The number of halogens is 6. The van der Waals surface area contributed by atoms with Crippen LogP contribution >= 0.6 is 0 Å². The first-order valence-electron chi connectivity index (χ1n) is 6.95. The molecule has 0 aromatic carbocycles. The lowest BCUT2D eigenvalue weighted by molar-refractivity contribution is -0.574. The second-order valence-electron chi connectivity index (χ2n) is 4.73. The van der Waals surface area contributed by atoms with E-state index in [0.29, 0.717) is 6.42 Å². The number of carbonyl (C=O) groups is 1. The Bertz CT molecular complexity index is 417. The standard InChI is InChI=1S/C14H17F6O3/c1-2-3-4-5-6-7-8-9-10-23-11(21)12(22,13(15,16)17)14(18,19)20/h2-6,9-10H2,1H3/q-1. The molecule has 0 aromatic rings. The number of unbranched alkanes of at least 4 members (excludes halogenated alkanes) is 4. The average Bonchev–Trinajstić information content (AvgIpc) is 2.41. The van der Waals surface area contributed by atoms with Crippen LogP contribution in [0.5, 0.6) is 0 Å². The normalized spacial score (nSPS) is 12.5. The molecule has 0 aliphatic carbocycles. The van der Waals surface area contributed by atoms with Crippen molar-refractivity contribution in [1.29, 1.82) is 0 Å². The summed E-state index contributed by atoms with van der Waals surface area (Å²) in [4.78, 5) is 10.9. The third-order valence-corrected chi connectivity index (χ3v) is 2.83. The molecule has 23 heavy (non-hydrogen) atoms. The van der Waals surface area contributed by atoms with Crippen LogP contribution in [0.4, 0.5) is 26.3 Å². The lowest BCUT2D eigenvalue weighted by Gasteiger charge is -2.40. The Morgan fingerprint density at radius 1 is 0.957 bits per heavy atom. The van der Waals surface area contributed by atoms with Crippen molar-refractivity contribution in [3.8, 4) is 11.8 Å². The van der Waals surface area contributed by atoms with Crippen molar-refractivity contribution in [3.63, 3.8) is 0 Å². The van der Waals surface area contributed by atoms with Gasteiger partial charge in [-0.05, 0) is 6.42 Å². The van der Waals surface area contributed by atoms with E-state index in [1.807, 2.05) is 6.92 Å². The van der Waals surface area contributed by atoms with Crippen LogP contribution in [0.15, 0.2) is 0 Å². The fraction of sp³-hybridized carbons (Fsp3) is 0.786. The van der Waals surface area contributed by atoms with Crippen molar-refractivity contribution < 1.29 is 41.0 Å². The SMILES string of the molecule is CCCCCCC#CCCOC(=O)C([O-])(C(F)(F)F)C(F)(F)F. The Labute approximate surface area is 130 Å². The van der Waals surface area contributed by atoms with E-state index in [1.54, 1.807) is 0 Å². The summed E-state index contributed by atoms with van der Waals surface area (Å²) in [5.74, 6) is 2.19. The fourth-order valence-corrected chi connectivity index (χ4v) is 1.51. The summed E-state index contributed by atoms with van der Waals surface area (Å²) in [5.41, 5.74) is -5.78. The minimum absolute atomic E-state index is 0.245. The van der Waals surface area contributed by atoms with E-state index in [1.165, 1.54) is 0 Å². The van der Waals surface area contributed by atoms with Crippen molar-refractivity contribution in [2.24, 2.45) is 0 Å². The van der Waals surface area contributed by atoms with Crippen LogP contribution in [0.1, 0.15) is 45.4 Å². The molecule has 0 unspecified atom stereocenters. The van der Waals surface area contributed by atoms with Crippen LogP contribution < -0.4 is 5.11 Å². The van der Waals surface area contributed by atoms with Gasteiger partial charge in [-0.15, -0.1) is 5.92 Å². The Morgan fingerprint density at radius 3 is 1.96 bits per heavy atom. The van der Waals surface area contributed by atoms with E-state index in [0.717, 1.165) is 25.7 Å². The molecule has 0 aliphatic rings. The number of alkyl halides is 6. The monoisotopic (exact) mass is 347 g/mol. The minimum atomic E-state index is -6.34. The molecule has 0 amide bonds. The molecule has 0 aromatic heterocycles. The van der Waals surface area contributed by atoms with Gasteiger partial charge in [-0.3, -0.25) is 4.79 Å². The topological polar surface area (TPSA) is 49.4 Å². The molecule has 0 saturated heterocycles. The van der Waals surface area contributed by atoms with E-state index < -0.39 is 30.5 Å². The van der Waals surface area contributed by atoms with Gasteiger partial charge in [0.1, 0.15) is 6.61 Å². The number of hydrogen-bond acceptors (Lipinski definition) is 3. The van der Waals surface area contributed by atoms with Crippen LogP contribution in [0.3, 0.4) is 0 Å². The van der Waals surface area contributed by atoms with Gasteiger partial charge in [-0.25, -0.2) is 0 Å². The number of hydrogen-bond donors (Lipinski definition) is 0. The Morgan fingerprint density at radius 2 is 1.48 bits per heavy atom. The number of esters is 1. The number of rotatable bonds is 7. The first kappa shape index (κ1) is 21.6. The molecular formula is C14H17F6O3-. The zero-order valence-electron chi connectivity index (χ0n) is 12.4. The van der Waals surface area contributed by atoms with Gasteiger partial charge in [-0.2, -0.15) is 26.3 Å². The molecule has 134 valence electrons. The summed E-state index contributed by atoms with van der Waals surface area (Å²) in [6, 6.07) is 0. The van der Waals surface area contributed by atoms with Gasteiger partial charge in [0.25, 0.3) is 0 Å². The van der Waals surface area contributed by atoms with Gasteiger partial charge in [0.2, 0.25) is 0 Å². The highest BCUT2D eigenvalue weighted by atomic mass is 19.4. The summed E-state index contributed by atoms with van der Waals surface area (Å²) in [5, 5.41) is 11.0. The number of carbonyl (C=O) groups excluding carboxylic acids is 1. The van der Waals surface area contributed by atoms with Crippen LogP contribution in [0, 0.1) is 11.8 Å². The molecule has 0 heterocycles. The van der Waals surface area contributed by atoms with Crippen molar-refractivity contribution in [1.82, 2.24) is 0 Å². The highest BCUT2D eigenvalue weighted by molar-refractivity contribution is 5.81. The van der Waals surface area contributed by atoms with Crippen LogP contribution in [0.25, 0.3) is 0 Å². The molecule has 0 N–H and O–H groups in total. The average molecular weight is 347 g/mol. The molecule has 3 nitrogen and oxygen atoms in total. The molecule has 0 spiro atoms. The Kier molecular flexibility index (Phi) is 8.45. The number of ether oxygens (including phenoxy) is 1. The quantitative estimate of drug-likeness (QED) is 0.308. The van der Waals surface area contributed by atoms with Crippen molar-refractivity contribution >= 4 is 5.97 Å². The maximum absolute atomic E-state index is 12.3. The summed E-state index contributed by atoms with van der Waals surface area (Å²) >= 11 is 0. The smallest absolute Gasteiger partial charge is 0.399 e. The van der Waals surface area contributed by atoms with Crippen molar-refractivity contribution in [3.05, 3.63) is 0 Å². The van der Waals surface area contributed by atoms with E-state index >= 15 is 0 Å². The molecule has 0 rings (SSSR count).